The highest BCUT2D eigenvalue weighted by atomic mass is 16.6. The molecule has 1 aromatic heterocycles. The Labute approximate surface area is 240 Å². The van der Waals surface area contributed by atoms with Gasteiger partial charge in [-0.05, 0) is 55.5 Å². The second-order valence-corrected chi connectivity index (χ2v) is 10.2. The number of benzene rings is 2. The van der Waals surface area contributed by atoms with Crippen molar-refractivity contribution in [1.29, 1.82) is 0 Å². The van der Waals surface area contributed by atoms with Gasteiger partial charge >= 0.3 is 11.7 Å². The Bertz CT molecular complexity index is 1350. The molecule has 0 radical (unpaired) electrons. The highest BCUT2D eigenvalue weighted by Crippen LogP contribution is 2.35. The highest BCUT2D eigenvalue weighted by molar-refractivity contribution is 5.98. The monoisotopic (exact) mass is 562 g/mol. The number of hydrogen-bond acceptors (Lipinski definition) is 9. The van der Waals surface area contributed by atoms with Gasteiger partial charge in [-0.25, -0.2) is 4.79 Å². The Balaban J connectivity index is 1.64. The number of nitrogens with zero attached hydrogens (tertiary/aromatic N) is 3. The van der Waals surface area contributed by atoms with Gasteiger partial charge in [-0.15, -0.1) is 0 Å². The fourth-order valence-electron chi connectivity index (χ4n) is 5.22. The number of carbonyl (C=O) groups is 1. The van der Waals surface area contributed by atoms with Crippen molar-refractivity contribution in [1.82, 2.24) is 9.88 Å². The number of anilines is 1. The number of aryl methyl sites for hydroxylation is 2. The standard InChI is InChI=1S/C31H38N4O6/c1-5-41-31(36)24-18-32-25(13-11-22-12-14-27(39-3)28(17-22)40-4)30(35(37)38)29(24)33-26-20-34(16-15-21(26)2)19-23-9-7-6-8-10-23/h6-10,12,14,17-18,21,26H,5,11,13,15-16,19-20H2,1-4H3,(H,32,33)/t21-,26+/m1/s1. The SMILES string of the molecule is CCOC(=O)c1cnc(CCc2ccc(OC)c(OC)c2)c([N+](=O)[O-])c1N[C@H]1CN(Cc2ccccc2)CC[C@H]1C. The molecule has 2 atom stereocenters. The van der Waals surface area contributed by atoms with Gasteiger partial charge in [0.15, 0.2) is 11.5 Å². The third-order valence-corrected chi connectivity index (χ3v) is 7.53. The number of likely N-dealkylation sites (tertiary alicyclic amines) is 1. The van der Waals surface area contributed by atoms with E-state index in [0.29, 0.717) is 36.6 Å². The van der Waals surface area contributed by atoms with E-state index in [0.717, 1.165) is 25.1 Å². The van der Waals surface area contributed by atoms with Crippen molar-refractivity contribution in [2.75, 3.05) is 39.2 Å². The topological polar surface area (TPSA) is 116 Å². The summed E-state index contributed by atoms with van der Waals surface area (Å²) in [6.07, 6.45) is 3.10. The Morgan fingerprint density at radius 1 is 1.10 bits per heavy atom. The van der Waals surface area contributed by atoms with Crippen molar-refractivity contribution in [2.24, 2.45) is 5.92 Å². The van der Waals surface area contributed by atoms with Crippen LogP contribution in [0.15, 0.2) is 54.7 Å². The van der Waals surface area contributed by atoms with Crippen LogP contribution in [-0.4, -0.2) is 60.7 Å². The van der Waals surface area contributed by atoms with Gasteiger partial charge in [0.1, 0.15) is 16.9 Å². The van der Waals surface area contributed by atoms with E-state index in [1.54, 1.807) is 27.2 Å². The van der Waals surface area contributed by atoms with Gasteiger partial charge in [-0.1, -0.05) is 43.3 Å². The van der Waals surface area contributed by atoms with E-state index in [4.69, 9.17) is 14.2 Å². The van der Waals surface area contributed by atoms with E-state index >= 15 is 0 Å². The van der Waals surface area contributed by atoms with Crippen LogP contribution in [0.2, 0.25) is 0 Å². The molecule has 0 saturated carbocycles. The van der Waals surface area contributed by atoms with Crippen LogP contribution in [0.3, 0.4) is 0 Å². The number of ether oxygens (including phenoxy) is 3. The van der Waals surface area contributed by atoms with E-state index in [2.05, 4.69) is 34.3 Å². The molecule has 1 aliphatic heterocycles. The zero-order valence-electron chi connectivity index (χ0n) is 24.1. The lowest BCUT2D eigenvalue weighted by Gasteiger charge is -2.38. The molecule has 0 amide bonds. The average Bonchev–Trinajstić information content (AvgIpc) is 2.98. The van der Waals surface area contributed by atoms with Crippen LogP contribution in [0.4, 0.5) is 11.4 Å². The first kappa shape index (κ1) is 29.8. The average molecular weight is 563 g/mol. The number of rotatable bonds is 12. The van der Waals surface area contributed by atoms with Gasteiger partial charge in [0.25, 0.3) is 0 Å². The molecule has 1 saturated heterocycles. The summed E-state index contributed by atoms with van der Waals surface area (Å²) >= 11 is 0. The predicted octanol–water partition coefficient (Wildman–Crippen LogP) is 5.29. The first-order valence-corrected chi connectivity index (χ1v) is 13.9. The number of aromatic nitrogens is 1. The van der Waals surface area contributed by atoms with Crippen LogP contribution >= 0.6 is 0 Å². The van der Waals surface area contributed by atoms with Crippen LogP contribution < -0.4 is 14.8 Å². The Hall–Kier alpha value is -4.18. The van der Waals surface area contributed by atoms with Gasteiger partial charge in [-0.2, -0.15) is 0 Å². The molecule has 4 rings (SSSR count). The number of nitro groups is 1. The molecule has 10 heteroatoms. The largest absolute Gasteiger partial charge is 0.493 e. The summed E-state index contributed by atoms with van der Waals surface area (Å²) in [6.45, 7) is 6.37. The lowest BCUT2D eigenvalue weighted by molar-refractivity contribution is -0.385. The summed E-state index contributed by atoms with van der Waals surface area (Å²) in [5.74, 6) is 0.786. The molecule has 0 bridgehead atoms. The van der Waals surface area contributed by atoms with Gasteiger partial charge in [0.05, 0.1) is 25.7 Å². The summed E-state index contributed by atoms with van der Waals surface area (Å²) in [4.78, 5) is 31.7. The third kappa shape index (κ3) is 7.32. The number of esters is 1. The summed E-state index contributed by atoms with van der Waals surface area (Å²) in [7, 11) is 3.13. The summed E-state index contributed by atoms with van der Waals surface area (Å²) in [5, 5.41) is 15.9. The first-order valence-electron chi connectivity index (χ1n) is 13.9. The summed E-state index contributed by atoms with van der Waals surface area (Å²) in [5.41, 5.74) is 2.47. The number of hydrogen-bond donors (Lipinski definition) is 1. The van der Waals surface area contributed by atoms with E-state index in [-0.39, 0.29) is 35.5 Å². The third-order valence-electron chi connectivity index (χ3n) is 7.53. The van der Waals surface area contributed by atoms with Gasteiger partial charge in [0, 0.05) is 31.7 Å². The molecule has 10 nitrogen and oxygen atoms in total. The smallest absolute Gasteiger partial charge is 0.342 e. The van der Waals surface area contributed by atoms with Crippen LogP contribution in [0, 0.1) is 16.0 Å². The van der Waals surface area contributed by atoms with E-state index in [1.807, 2.05) is 30.3 Å². The normalized spacial score (nSPS) is 17.1. The maximum atomic E-state index is 12.9. The van der Waals surface area contributed by atoms with E-state index in [1.165, 1.54) is 11.8 Å². The number of piperidine rings is 1. The molecular weight excluding hydrogens is 524 g/mol. The van der Waals surface area contributed by atoms with Crippen molar-refractivity contribution in [3.05, 3.63) is 87.2 Å². The summed E-state index contributed by atoms with van der Waals surface area (Å²) in [6, 6.07) is 15.7. The number of pyridine rings is 1. The maximum absolute atomic E-state index is 12.9. The lowest BCUT2D eigenvalue weighted by atomic mass is 9.92. The number of carbonyl (C=O) groups excluding carboxylic acids is 1. The molecule has 1 fully saturated rings. The van der Waals surface area contributed by atoms with Gasteiger partial charge in [0.2, 0.25) is 0 Å². The molecule has 1 aliphatic rings. The van der Waals surface area contributed by atoms with Crippen LogP contribution in [0.1, 0.15) is 47.4 Å². The molecule has 0 spiro atoms. The van der Waals surface area contributed by atoms with Crippen molar-refractivity contribution < 1.29 is 23.9 Å². The minimum Gasteiger partial charge on any atom is -0.493 e. The molecule has 0 unspecified atom stereocenters. The molecule has 1 N–H and O–H groups in total. The van der Waals surface area contributed by atoms with Crippen LogP contribution in [0.25, 0.3) is 0 Å². The Morgan fingerprint density at radius 2 is 1.85 bits per heavy atom. The number of nitrogens with one attached hydrogen (secondary N) is 1. The quantitative estimate of drug-likeness (QED) is 0.178. The first-order chi connectivity index (χ1) is 19.8. The maximum Gasteiger partial charge on any atom is 0.342 e. The van der Waals surface area contributed by atoms with Crippen molar-refractivity contribution in [3.63, 3.8) is 0 Å². The molecule has 2 aromatic carbocycles. The molecule has 218 valence electrons. The van der Waals surface area contributed by atoms with Crippen molar-refractivity contribution >= 4 is 17.3 Å². The number of methoxy groups -OCH3 is 2. The minimum absolute atomic E-state index is 0.0702. The second kappa shape index (κ2) is 13.9. The second-order valence-electron chi connectivity index (χ2n) is 10.2. The van der Waals surface area contributed by atoms with Crippen molar-refractivity contribution in [3.8, 4) is 11.5 Å². The Kier molecular flexibility index (Phi) is 10.1. The molecular formula is C31H38N4O6. The fourth-order valence-corrected chi connectivity index (χ4v) is 5.22. The molecule has 2 heterocycles. The van der Waals surface area contributed by atoms with E-state index in [9.17, 15) is 14.9 Å². The van der Waals surface area contributed by atoms with E-state index < -0.39 is 10.9 Å². The van der Waals surface area contributed by atoms with Gasteiger partial charge in [-0.3, -0.25) is 20.0 Å². The van der Waals surface area contributed by atoms with Gasteiger partial charge < -0.3 is 19.5 Å². The molecule has 41 heavy (non-hydrogen) atoms. The molecule has 0 aliphatic carbocycles. The zero-order valence-corrected chi connectivity index (χ0v) is 24.1. The fraction of sp³-hybridized carbons (Fsp3) is 0.419. The summed E-state index contributed by atoms with van der Waals surface area (Å²) < 4.78 is 16.0. The Morgan fingerprint density at radius 3 is 2.54 bits per heavy atom. The predicted molar refractivity (Wildman–Crippen MR) is 157 cm³/mol. The van der Waals surface area contributed by atoms with Crippen molar-refractivity contribution in [2.45, 2.75) is 45.7 Å². The molecule has 3 aromatic rings. The highest BCUT2D eigenvalue weighted by Gasteiger charge is 2.33. The zero-order chi connectivity index (χ0) is 29.4. The lowest BCUT2D eigenvalue weighted by Crippen LogP contribution is -2.46. The van der Waals surface area contributed by atoms with Crippen LogP contribution in [-0.2, 0) is 24.1 Å². The van der Waals surface area contributed by atoms with Crippen LogP contribution in [0.5, 0.6) is 11.5 Å². The minimum atomic E-state index is -0.637.